The largest absolute Gasteiger partial charge is 0.388 e. The second-order valence-corrected chi connectivity index (χ2v) is 9.39. The van der Waals surface area contributed by atoms with Crippen LogP contribution in [0.25, 0.3) is 16.6 Å². The maximum Gasteiger partial charge on any atom is 0.0922 e. The lowest BCUT2D eigenvalue weighted by molar-refractivity contribution is 0.222. The van der Waals surface area contributed by atoms with Crippen molar-refractivity contribution in [1.82, 2.24) is 25.5 Å². The first-order valence-electron chi connectivity index (χ1n) is 11.9. The zero-order chi connectivity index (χ0) is 22.5. The third kappa shape index (κ3) is 5.27. The molecule has 3 N–H and O–H groups in total. The zero-order valence-electron chi connectivity index (χ0n) is 19.6. The van der Waals surface area contributed by atoms with E-state index < -0.39 is 0 Å². The molecule has 0 radical (unpaired) electrons. The number of hydrogen-bond donors (Lipinski definition) is 3. The predicted octanol–water partition coefficient (Wildman–Crippen LogP) is 3.13. The van der Waals surface area contributed by atoms with Crippen LogP contribution in [0.1, 0.15) is 38.3 Å². The monoisotopic (exact) mass is 435 g/mol. The van der Waals surface area contributed by atoms with Crippen molar-refractivity contribution in [2.24, 2.45) is 5.92 Å². The standard InChI is InChI=1S/C25H37N7/c1-18-17-32(10-9-31(18)3)22-6-7-23-24(13-22)30-25(16-29-23)20(14-26)15-28-21-11-19(12-21)5-4-8-27-2/h6-7,13-16,18-19,21,26-28H,4-5,8-12,17H2,1-3H3/b20-15+,26-14?/t18-,19?,21?/m1/s1. The van der Waals surface area contributed by atoms with E-state index in [1.54, 1.807) is 6.20 Å². The van der Waals surface area contributed by atoms with Gasteiger partial charge in [-0.1, -0.05) is 0 Å². The molecule has 2 fully saturated rings. The summed E-state index contributed by atoms with van der Waals surface area (Å²) in [7, 11) is 4.20. The van der Waals surface area contributed by atoms with E-state index in [2.05, 4.69) is 57.6 Å². The van der Waals surface area contributed by atoms with Gasteiger partial charge in [0.1, 0.15) is 0 Å². The van der Waals surface area contributed by atoms with E-state index >= 15 is 0 Å². The highest BCUT2D eigenvalue weighted by atomic mass is 15.3. The summed E-state index contributed by atoms with van der Waals surface area (Å²) in [6, 6.07) is 7.38. The highest BCUT2D eigenvalue weighted by Gasteiger charge is 2.27. The summed E-state index contributed by atoms with van der Waals surface area (Å²) >= 11 is 0. The second kappa shape index (κ2) is 10.4. The van der Waals surface area contributed by atoms with Crippen LogP contribution in [0, 0.1) is 11.3 Å². The lowest BCUT2D eigenvalue weighted by atomic mass is 9.77. The van der Waals surface area contributed by atoms with Gasteiger partial charge in [-0.2, -0.15) is 0 Å². The molecule has 0 amide bonds. The number of anilines is 1. The lowest BCUT2D eigenvalue weighted by Crippen LogP contribution is -2.50. The van der Waals surface area contributed by atoms with Gasteiger partial charge < -0.3 is 25.8 Å². The first kappa shape index (κ1) is 22.7. The molecule has 1 aliphatic heterocycles. The Morgan fingerprint density at radius 3 is 2.84 bits per heavy atom. The van der Waals surface area contributed by atoms with Gasteiger partial charge in [0.05, 0.1) is 22.9 Å². The topological polar surface area (TPSA) is 80.2 Å². The molecular formula is C25H37N7. The number of piperazine rings is 1. The molecule has 1 atom stereocenters. The zero-order valence-corrected chi connectivity index (χ0v) is 19.6. The van der Waals surface area contributed by atoms with Crippen molar-refractivity contribution < 1.29 is 0 Å². The molecule has 4 rings (SSSR count). The summed E-state index contributed by atoms with van der Waals surface area (Å²) in [5, 5.41) is 14.6. The van der Waals surface area contributed by atoms with Crippen LogP contribution < -0.4 is 15.5 Å². The molecule has 1 aliphatic carbocycles. The Kier molecular flexibility index (Phi) is 7.37. The molecule has 7 nitrogen and oxygen atoms in total. The van der Waals surface area contributed by atoms with Gasteiger partial charge in [-0.05, 0) is 77.4 Å². The molecule has 1 saturated heterocycles. The van der Waals surface area contributed by atoms with Gasteiger partial charge in [-0.15, -0.1) is 0 Å². The summed E-state index contributed by atoms with van der Waals surface area (Å²) in [5.41, 5.74) is 4.49. The molecule has 1 saturated carbocycles. The van der Waals surface area contributed by atoms with Gasteiger partial charge in [0.2, 0.25) is 0 Å². The number of allylic oxidation sites excluding steroid dienone is 1. The first-order valence-corrected chi connectivity index (χ1v) is 11.9. The summed E-state index contributed by atoms with van der Waals surface area (Å²) in [6.45, 7) is 6.47. The maximum absolute atomic E-state index is 7.90. The fourth-order valence-corrected chi connectivity index (χ4v) is 4.69. The van der Waals surface area contributed by atoms with Crippen LogP contribution in [0.2, 0.25) is 0 Å². The summed E-state index contributed by atoms with van der Waals surface area (Å²) in [6.07, 6.45) is 10.1. The Bertz CT molecular complexity index is 950. The molecule has 0 spiro atoms. The third-order valence-electron chi connectivity index (χ3n) is 7.05. The fraction of sp³-hybridized carbons (Fsp3) is 0.560. The van der Waals surface area contributed by atoms with Crippen LogP contribution in [-0.4, -0.2) is 73.4 Å². The molecular weight excluding hydrogens is 398 g/mol. The number of rotatable bonds is 9. The number of fused-ring (bicyclic) bond motifs is 1. The van der Waals surface area contributed by atoms with Crippen LogP contribution in [0.5, 0.6) is 0 Å². The summed E-state index contributed by atoms with van der Waals surface area (Å²) < 4.78 is 0. The van der Waals surface area contributed by atoms with Crippen molar-refractivity contribution in [2.75, 3.05) is 45.2 Å². The predicted molar refractivity (Wildman–Crippen MR) is 133 cm³/mol. The lowest BCUT2D eigenvalue weighted by Gasteiger charge is -2.39. The number of nitrogens with zero attached hydrogens (tertiary/aromatic N) is 4. The quantitative estimate of drug-likeness (QED) is 0.415. The molecule has 2 heterocycles. The van der Waals surface area contributed by atoms with Gasteiger partial charge >= 0.3 is 0 Å². The van der Waals surface area contributed by atoms with E-state index in [-0.39, 0.29) is 0 Å². The molecule has 7 heteroatoms. The Morgan fingerprint density at radius 2 is 2.09 bits per heavy atom. The molecule has 0 bridgehead atoms. The van der Waals surface area contributed by atoms with Crippen molar-refractivity contribution in [3.63, 3.8) is 0 Å². The fourth-order valence-electron chi connectivity index (χ4n) is 4.69. The van der Waals surface area contributed by atoms with Crippen molar-refractivity contribution in [3.05, 3.63) is 36.3 Å². The smallest absolute Gasteiger partial charge is 0.0922 e. The first-order chi connectivity index (χ1) is 15.6. The normalized spacial score (nSPS) is 24.4. The molecule has 32 heavy (non-hydrogen) atoms. The van der Waals surface area contributed by atoms with Gasteiger partial charge in [0.15, 0.2) is 0 Å². The van der Waals surface area contributed by atoms with E-state index in [1.165, 1.54) is 37.6 Å². The van der Waals surface area contributed by atoms with Crippen molar-refractivity contribution in [1.29, 1.82) is 5.41 Å². The minimum absolute atomic E-state index is 0.503. The summed E-state index contributed by atoms with van der Waals surface area (Å²) in [5.74, 6) is 0.828. The molecule has 1 aromatic carbocycles. The van der Waals surface area contributed by atoms with E-state index in [9.17, 15) is 0 Å². The number of nitrogens with one attached hydrogen (secondary N) is 3. The van der Waals surface area contributed by atoms with E-state index in [1.807, 2.05) is 13.2 Å². The van der Waals surface area contributed by atoms with Gasteiger partial charge in [0, 0.05) is 55.4 Å². The summed E-state index contributed by atoms with van der Waals surface area (Å²) in [4.78, 5) is 14.3. The Balaban J connectivity index is 1.42. The SMILES string of the molecule is CNCCCC1CC(N/C=C(\C=N)c2cnc3ccc(N4CCN(C)[C@H](C)C4)cc3n2)C1. The van der Waals surface area contributed by atoms with E-state index in [0.717, 1.165) is 54.4 Å². The highest BCUT2D eigenvalue weighted by Crippen LogP contribution is 2.31. The molecule has 0 unspecified atom stereocenters. The maximum atomic E-state index is 7.90. The third-order valence-corrected chi connectivity index (χ3v) is 7.05. The highest BCUT2D eigenvalue weighted by molar-refractivity contribution is 6.07. The average molecular weight is 436 g/mol. The van der Waals surface area contributed by atoms with E-state index in [4.69, 9.17) is 10.4 Å². The number of hydrogen-bond acceptors (Lipinski definition) is 7. The molecule has 172 valence electrons. The van der Waals surface area contributed by atoms with Gasteiger partial charge in [-0.3, -0.25) is 4.98 Å². The van der Waals surface area contributed by atoms with E-state index in [0.29, 0.717) is 12.1 Å². The van der Waals surface area contributed by atoms with Crippen LogP contribution in [0.4, 0.5) is 5.69 Å². The Morgan fingerprint density at radius 1 is 1.25 bits per heavy atom. The average Bonchev–Trinajstić information content (AvgIpc) is 2.78. The Labute approximate surface area is 191 Å². The Hall–Kier alpha value is -2.51. The molecule has 2 aliphatic rings. The molecule has 1 aromatic heterocycles. The minimum atomic E-state index is 0.503. The van der Waals surface area contributed by atoms with Gasteiger partial charge in [0.25, 0.3) is 0 Å². The van der Waals surface area contributed by atoms with Gasteiger partial charge in [-0.25, -0.2) is 4.98 Å². The number of benzene rings is 1. The number of aromatic nitrogens is 2. The number of likely N-dealkylation sites (N-methyl/N-ethyl adjacent to an activating group) is 1. The van der Waals surface area contributed by atoms with Crippen LogP contribution in [0.15, 0.2) is 30.6 Å². The minimum Gasteiger partial charge on any atom is -0.388 e. The van der Waals surface area contributed by atoms with Crippen LogP contribution in [-0.2, 0) is 0 Å². The van der Waals surface area contributed by atoms with Crippen molar-refractivity contribution >= 4 is 28.5 Å². The van der Waals surface area contributed by atoms with Crippen molar-refractivity contribution in [3.8, 4) is 0 Å². The van der Waals surface area contributed by atoms with Crippen LogP contribution >= 0.6 is 0 Å². The van der Waals surface area contributed by atoms with Crippen LogP contribution in [0.3, 0.4) is 0 Å². The molecule has 2 aromatic rings. The van der Waals surface area contributed by atoms with Crippen molar-refractivity contribution in [2.45, 2.75) is 44.7 Å². The second-order valence-electron chi connectivity index (χ2n) is 9.39.